The predicted molar refractivity (Wildman–Crippen MR) is 72.2 cm³/mol. The Bertz CT molecular complexity index is 355. The number of carbonyl (C=O) groups excluding carboxylic acids is 1. The molecule has 0 bridgehead atoms. The van der Waals surface area contributed by atoms with Gasteiger partial charge in [0.15, 0.2) is 0 Å². The van der Waals surface area contributed by atoms with E-state index in [1.165, 1.54) is 4.88 Å². The minimum Gasteiger partial charge on any atom is -0.381 e. The van der Waals surface area contributed by atoms with E-state index in [2.05, 4.69) is 10.4 Å². The zero-order valence-corrected chi connectivity index (χ0v) is 11.6. The number of thiazole rings is 1. The van der Waals surface area contributed by atoms with Gasteiger partial charge in [-0.25, -0.2) is 10.8 Å². The van der Waals surface area contributed by atoms with E-state index >= 15 is 0 Å². The van der Waals surface area contributed by atoms with E-state index in [4.69, 9.17) is 10.6 Å². The van der Waals surface area contributed by atoms with Gasteiger partial charge in [-0.15, -0.1) is 11.3 Å². The molecule has 0 aromatic carbocycles. The van der Waals surface area contributed by atoms with Gasteiger partial charge in [0.2, 0.25) is 5.91 Å². The van der Waals surface area contributed by atoms with Gasteiger partial charge < -0.3 is 4.74 Å². The molecule has 6 heteroatoms. The van der Waals surface area contributed by atoms with Crippen molar-refractivity contribution in [1.82, 2.24) is 10.4 Å². The van der Waals surface area contributed by atoms with Crippen molar-refractivity contribution in [3.63, 3.8) is 0 Å². The van der Waals surface area contributed by atoms with Crippen molar-refractivity contribution in [2.24, 2.45) is 5.84 Å². The molecule has 1 aromatic rings. The molecule has 18 heavy (non-hydrogen) atoms. The number of aryl methyl sites for hydroxylation is 1. The average molecular weight is 271 g/mol. The van der Waals surface area contributed by atoms with Crippen molar-refractivity contribution in [2.45, 2.75) is 39.0 Å². The Morgan fingerprint density at radius 2 is 2.28 bits per heavy atom. The third-order valence-electron chi connectivity index (χ3n) is 2.67. The van der Waals surface area contributed by atoms with Crippen LogP contribution in [0, 0.1) is 6.92 Å². The summed E-state index contributed by atoms with van der Waals surface area (Å²) in [5.41, 5.74) is 5.10. The van der Waals surface area contributed by atoms with Gasteiger partial charge in [-0.2, -0.15) is 0 Å². The molecule has 0 fully saturated rings. The molecule has 1 rings (SSSR count). The van der Waals surface area contributed by atoms with Crippen LogP contribution in [0.25, 0.3) is 0 Å². The highest BCUT2D eigenvalue weighted by molar-refractivity contribution is 7.09. The Hall–Kier alpha value is -0.980. The lowest BCUT2D eigenvalue weighted by atomic mass is 10.2. The van der Waals surface area contributed by atoms with Gasteiger partial charge in [-0.1, -0.05) is 6.42 Å². The maximum absolute atomic E-state index is 10.8. The van der Waals surface area contributed by atoms with Crippen LogP contribution in [0.5, 0.6) is 0 Å². The molecule has 0 saturated carbocycles. The number of hydrogen-bond donors (Lipinski definition) is 2. The number of nitrogens with zero attached hydrogens (tertiary/aromatic N) is 1. The van der Waals surface area contributed by atoms with Gasteiger partial charge in [0.1, 0.15) is 0 Å². The second-order valence-electron chi connectivity index (χ2n) is 4.10. The lowest BCUT2D eigenvalue weighted by Gasteiger charge is -2.03. The highest BCUT2D eigenvalue weighted by Crippen LogP contribution is 2.12. The van der Waals surface area contributed by atoms with Crippen LogP contribution in [0.3, 0.4) is 0 Å². The molecule has 5 nitrogen and oxygen atoms in total. The number of hydrogen-bond acceptors (Lipinski definition) is 5. The number of ether oxygens (including phenoxy) is 1. The molecule has 0 aliphatic carbocycles. The molecule has 1 aromatic heterocycles. The Balaban J connectivity index is 1.90. The topological polar surface area (TPSA) is 77.2 Å². The summed E-state index contributed by atoms with van der Waals surface area (Å²) in [7, 11) is 0. The van der Waals surface area contributed by atoms with Crippen LogP contribution in [0.4, 0.5) is 0 Å². The Morgan fingerprint density at radius 1 is 1.44 bits per heavy atom. The summed E-state index contributed by atoms with van der Waals surface area (Å²) < 4.78 is 5.55. The van der Waals surface area contributed by atoms with Crippen LogP contribution in [-0.4, -0.2) is 24.1 Å². The smallest absolute Gasteiger partial charge is 0.233 e. The molecule has 102 valence electrons. The molecule has 0 unspecified atom stereocenters. The molecule has 1 heterocycles. The summed E-state index contributed by atoms with van der Waals surface area (Å²) in [6, 6.07) is 0. The van der Waals surface area contributed by atoms with Gasteiger partial charge in [-0.3, -0.25) is 10.2 Å². The maximum atomic E-state index is 10.8. The highest BCUT2D eigenvalue weighted by atomic mass is 32.1. The minimum atomic E-state index is -0.100. The number of nitrogens with two attached hydrogens (primary N) is 1. The number of rotatable bonds is 9. The lowest BCUT2D eigenvalue weighted by Crippen LogP contribution is -2.29. The van der Waals surface area contributed by atoms with Crippen molar-refractivity contribution in [1.29, 1.82) is 0 Å². The van der Waals surface area contributed by atoms with E-state index in [9.17, 15) is 4.79 Å². The lowest BCUT2D eigenvalue weighted by molar-refractivity contribution is -0.121. The monoisotopic (exact) mass is 271 g/mol. The SMILES string of the molecule is Cc1ncsc1CCOCCCCCC(=O)NN. The number of amides is 1. The molecule has 1 amide bonds. The van der Waals surface area contributed by atoms with Gasteiger partial charge in [-0.05, 0) is 19.8 Å². The van der Waals surface area contributed by atoms with Crippen LogP contribution in [-0.2, 0) is 16.0 Å². The largest absolute Gasteiger partial charge is 0.381 e. The first-order valence-electron chi connectivity index (χ1n) is 6.20. The number of nitrogens with one attached hydrogen (secondary N) is 1. The van der Waals surface area contributed by atoms with E-state index in [1.54, 1.807) is 11.3 Å². The van der Waals surface area contributed by atoms with E-state index in [0.29, 0.717) is 6.42 Å². The Labute approximate surface area is 112 Å². The summed E-state index contributed by atoms with van der Waals surface area (Å²) in [5.74, 6) is 4.88. The van der Waals surface area contributed by atoms with Crippen molar-refractivity contribution < 1.29 is 9.53 Å². The third-order valence-corrected chi connectivity index (χ3v) is 3.67. The normalized spacial score (nSPS) is 10.6. The average Bonchev–Trinajstić information content (AvgIpc) is 2.78. The third kappa shape index (κ3) is 6.09. The molecule has 0 aliphatic rings. The molecule has 0 saturated heterocycles. The number of carbonyl (C=O) groups is 1. The summed E-state index contributed by atoms with van der Waals surface area (Å²) in [4.78, 5) is 16.3. The molecular weight excluding hydrogens is 250 g/mol. The highest BCUT2D eigenvalue weighted by Gasteiger charge is 2.01. The van der Waals surface area contributed by atoms with Crippen molar-refractivity contribution in [3.8, 4) is 0 Å². The van der Waals surface area contributed by atoms with Crippen LogP contribution in [0.15, 0.2) is 5.51 Å². The van der Waals surface area contributed by atoms with Crippen molar-refractivity contribution in [3.05, 3.63) is 16.1 Å². The fourth-order valence-corrected chi connectivity index (χ4v) is 2.33. The Kier molecular flexibility index (Phi) is 7.55. The second-order valence-corrected chi connectivity index (χ2v) is 5.04. The number of unbranched alkanes of at least 4 members (excludes halogenated alkanes) is 2. The Morgan fingerprint density at radius 3 is 2.94 bits per heavy atom. The maximum Gasteiger partial charge on any atom is 0.233 e. The standard InChI is InChI=1S/C12H21N3O2S/c1-10-11(18-9-14-10)6-8-17-7-4-2-3-5-12(16)15-13/h9H,2-8,13H2,1H3,(H,15,16). The number of aromatic nitrogens is 1. The van der Waals surface area contributed by atoms with Crippen molar-refractivity contribution >= 4 is 17.2 Å². The molecule has 0 aliphatic heterocycles. The van der Waals surface area contributed by atoms with Crippen LogP contribution in [0.2, 0.25) is 0 Å². The van der Waals surface area contributed by atoms with Crippen LogP contribution in [0.1, 0.15) is 36.3 Å². The fraction of sp³-hybridized carbons (Fsp3) is 0.667. The number of hydrazine groups is 1. The van der Waals surface area contributed by atoms with Gasteiger partial charge in [0.05, 0.1) is 17.8 Å². The first-order valence-corrected chi connectivity index (χ1v) is 7.08. The molecule has 0 radical (unpaired) electrons. The van der Waals surface area contributed by atoms with Crippen LogP contribution >= 0.6 is 11.3 Å². The molecule has 0 atom stereocenters. The van der Waals surface area contributed by atoms with Crippen LogP contribution < -0.4 is 11.3 Å². The van der Waals surface area contributed by atoms with E-state index in [1.807, 2.05) is 12.4 Å². The minimum absolute atomic E-state index is 0.100. The summed E-state index contributed by atoms with van der Waals surface area (Å²) in [5, 5.41) is 0. The predicted octanol–water partition coefficient (Wildman–Crippen LogP) is 1.56. The van der Waals surface area contributed by atoms with E-state index in [-0.39, 0.29) is 5.91 Å². The van der Waals surface area contributed by atoms with Gasteiger partial charge in [0.25, 0.3) is 0 Å². The van der Waals surface area contributed by atoms with Gasteiger partial charge in [0, 0.05) is 24.3 Å². The van der Waals surface area contributed by atoms with E-state index < -0.39 is 0 Å². The van der Waals surface area contributed by atoms with Gasteiger partial charge >= 0.3 is 0 Å². The molecular formula is C12H21N3O2S. The first-order chi connectivity index (χ1) is 8.74. The second kappa shape index (κ2) is 9.02. The fourth-order valence-electron chi connectivity index (χ4n) is 1.57. The summed E-state index contributed by atoms with van der Waals surface area (Å²) in [6.45, 7) is 3.52. The summed E-state index contributed by atoms with van der Waals surface area (Å²) >= 11 is 1.68. The summed E-state index contributed by atoms with van der Waals surface area (Å²) in [6.07, 6.45) is 4.27. The van der Waals surface area contributed by atoms with E-state index in [0.717, 1.165) is 44.6 Å². The van der Waals surface area contributed by atoms with Crippen molar-refractivity contribution in [2.75, 3.05) is 13.2 Å². The quantitative estimate of drug-likeness (QED) is 0.309. The molecule has 3 N–H and O–H groups in total. The zero-order valence-electron chi connectivity index (χ0n) is 10.8. The first kappa shape index (κ1) is 15.1. The zero-order chi connectivity index (χ0) is 13.2. The molecule has 0 spiro atoms.